The van der Waals surface area contributed by atoms with Crippen molar-refractivity contribution in [2.24, 2.45) is 0 Å². The second kappa shape index (κ2) is 4.60. The zero-order valence-electron chi connectivity index (χ0n) is 9.97. The van der Waals surface area contributed by atoms with E-state index in [1.165, 1.54) is 0 Å². The van der Waals surface area contributed by atoms with E-state index in [0.717, 1.165) is 10.8 Å². The summed E-state index contributed by atoms with van der Waals surface area (Å²) in [7, 11) is -4.47. The van der Waals surface area contributed by atoms with Gasteiger partial charge in [-0.2, -0.15) is 8.42 Å². The summed E-state index contributed by atoms with van der Waals surface area (Å²) < 4.78 is 32.5. The Balaban J connectivity index is 2.59. The van der Waals surface area contributed by atoms with Crippen LogP contribution in [0.25, 0.3) is 21.5 Å². The molecule has 0 unspecified atom stereocenters. The highest BCUT2D eigenvalue weighted by Crippen LogP contribution is 2.37. The van der Waals surface area contributed by atoms with Crippen molar-refractivity contribution >= 4 is 54.9 Å². The third-order valence-corrected chi connectivity index (χ3v) is 4.95. The second-order valence-corrected chi connectivity index (χ2v) is 6.54. The van der Waals surface area contributed by atoms with Crippen molar-refractivity contribution in [2.75, 3.05) is 0 Å². The van der Waals surface area contributed by atoms with Crippen molar-refractivity contribution in [1.82, 2.24) is 0 Å². The van der Waals surface area contributed by atoms with E-state index in [9.17, 15) is 13.0 Å². The molecule has 0 atom stereocenters. The minimum Gasteiger partial charge on any atom is -0.282 e. The number of rotatable bonds is 1. The molecule has 0 aliphatic carbocycles. The Bertz CT molecular complexity index is 949. The van der Waals surface area contributed by atoms with Gasteiger partial charge in [0.05, 0.1) is 10.0 Å². The summed E-state index contributed by atoms with van der Waals surface area (Å²) in [5.74, 6) is 0. The van der Waals surface area contributed by atoms with Gasteiger partial charge in [-0.25, -0.2) is 0 Å². The molecule has 3 aromatic rings. The summed E-state index contributed by atoms with van der Waals surface area (Å²) in [6.45, 7) is 0. The second-order valence-electron chi connectivity index (χ2n) is 4.40. The molecule has 0 aliphatic heterocycles. The van der Waals surface area contributed by atoms with Crippen LogP contribution in [0.5, 0.6) is 0 Å². The van der Waals surface area contributed by atoms with Gasteiger partial charge < -0.3 is 0 Å². The predicted molar refractivity (Wildman–Crippen MR) is 81.3 cm³/mol. The zero-order valence-corrected chi connectivity index (χ0v) is 12.3. The number of hydrogen-bond acceptors (Lipinski definition) is 2. The van der Waals surface area contributed by atoms with E-state index in [1.54, 1.807) is 12.1 Å². The fourth-order valence-corrected chi connectivity index (χ4v) is 3.76. The Morgan fingerprint density at radius 1 is 0.900 bits per heavy atom. The summed E-state index contributed by atoms with van der Waals surface area (Å²) in [6.07, 6.45) is 0. The Hall–Kier alpha value is -1.33. The van der Waals surface area contributed by atoms with Gasteiger partial charge in [-0.1, -0.05) is 47.5 Å². The number of hydrogen-bond donors (Lipinski definition) is 1. The van der Waals surface area contributed by atoms with Crippen molar-refractivity contribution in [2.45, 2.75) is 4.90 Å². The maximum atomic E-state index is 11.6. The molecular formula is C14H8Cl2O3S. The van der Waals surface area contributed by atoms with Gasteiger partial charge >= 0.3 is 0 Å². The molecule has 0 radical (unpaired) electrons. The molecule has 6 heteroatoms. The lowest BCUT2D eigenvalue weighted by molar-refractivity contribution is 0.484. The highest BCUT2D eigenvalue weighted by atomic mass is 35.5. The molecule has 0 saturated carbocycles. The van der Waals surface area contributed by atoms with Gasteiger partial charge in [0.25, 0.3) is 10.1 Å². The molecule has 102 valence electrons. The largest absolute Gasteiger partial charge is 0.296 e. The standard InChI is InChI=1S/C14H8Cl2O3S/c15-12-7-10-5-8-3-1-2-4-9(8)6-11(10)14(13(12)16)20(17,18)19/h1-7H,(H,17,18,19). The first-order valence-corrected chi connectivity index (χ1v) is 7.85. The third-order valence-electron chi connectivity index (χ3n) is 3.11. The average molecular weight is 327 g/mol. The summed E-state index contributed by atoms with van der Waals surface area (Å²) >= 11 is 11.9. The van der Waals surface area contributed by atoms with Crippen molar-refractivity contribution < 1.29 is 13.0 Å². The Kier molecular flexibility index (Phi) is 3.14. The van der Waals surface area contributed by atoms with Crippen LogP contribution < -0.4 is 0 Å². The van der Waals surface area contributed by atoms with Crippen LogP contribution in [-0.4, -0.2) is 13.0 Å². The molecule has 0 bridgehead atoms. The first-order chi connectivity index (χ1) is 9.38. The van der Waals surface area contributed by atoms with E-state index in [-0.39, 0.29) is 14.9 Å². The van der Waals surface area contributed by atoms with Crippen LogP contribution in [0.15, 0.2) is 47.4 Å². The van der Waals surface area contributed by atoms with Gasteiger partial charge in [-0.3, -0.25) is 4.55 Å². The normalized spacial score (nSPS) is 12.2. The van der Waals surface area contributed by atoms with Crippen LogP contribution in [0.2, 0.25) is 10.0 Å². The maximum Gasteiger partial charge on any atom is 0.296 e. The van der Waals surface area contributed by atoms with Crippen LogP contribution >= 0.6 is 23.2 Å². The van der Waals surface area contributed by atoms with Crippen LogP contribution in [0, 0.1) is 0 Å². The fraction of sp³-hybridized carbons (Fsp3) is 0. The minimum atomic E-state index is -4.47. The molecule has 3 rings (SSSR count). The van der Waals surface area contributed by atoms with Gasteiger partial charge in [-0.05, 0) is 34.4 Å². The highest BCUT2D eigenvalue weighted by molar-refractivity contribution is 7.86. The monoisotopic (exact) mass is 326 g/mol. The summed E-state index contributed by atoms with van der Waals surface area (Å²) in [4.78, 5) is -0.354. The zero-order chi connectivity index (χ0) is 14.5. The van der Waals surface area contributed by atoms with Crippen molar-refractivity contribution in [1.29, 1.82) is 0 Å². The van der Waals surface area contributed by atoms with Crippen LogP contribution in [-0.2, 0) is 10.1 Å². The van der Waals surface area contributed by atoms with Crippen LogP contribution in [0.4, 0.5) is 0 Å². The van der Waals surface area contributed by atoms with Gasteiger partial charge in [0.15, 0.2) is 0 Å². The van der Waals surface area contributed by atoms with E-state index in [2.05, 4.69) is 0 Å². The topological polar surface area (TPSA) is 54.4 Å². The van der Waals surface area contributed by atoms with Crippen LogP contribution in [0.1, 0.15) is 0 Å². The van der Waals surface area contributed by atoms with E-state index < -0.39 is 10.1 Å². The molecule has 3 aromatic carbocycles. The molecule has 0 aromatic heterocycles. The Morgan fingerprint density at radius 3 is 2.10 bits per heavy atom. The molecule has 3 nitrogen and oxygen atoms in total. The molecule has 20 heavy (non-hydrogen) atoms. The van der Waals surface area contributed by atoms with E-state index in [0.29, 0.717) is 10.8 Å². The molecule has 0 aliphatic rings. The van der Waals surface area contributed by atoms with E-state index in [1.807, 2.05) is 30.3 Å². The van der Waals surface area contributed by atoms with Gasteiger partial charge in [0.2, 0.25) is 0 Å². The summed E-state index contributed by atoms with van der Waals surface area (Å²) in [6, 6.07) is 12.6. The van der Waals surface area contributed by atoms with Crippen LogP contribution in [0.3, 0.4) is 0 Å². The van der Waals surface area contributed by atoms with Gasteiger partial charge in [0, 0.05) is 5.39 Å². The minimum absolute atomic E-state index is 0.0853. The highest BCUT2D eigenvalue weighted by Gasteiger charge is 2.21. The Labute approximate surface area is 125 Å². The van der Waals surface area contributed by atoms with Crippen molar-refractivity contribution in [3.05, 3.63) is 52.5 Å². The predicted octanol–water partition coefficient (Wildman–Crippen LogP) is 4.55. The molecule has 1 N–H and O–H groups in total. The van der Waals surface area contributed by atoms with Gasteiger partial charge in [-0.15, -0.1) is 0 Å². The summed E-state index contributed by atoms with van der Waals surface area (Å²) in [5.41, 5.74) is 0. The molecule has 0 spiro atoms. The number of benzene rings is 3. The maximum absolute atomic E-state index is 11.6. The lowest BCUT2D eigenvalue weighted by Crippen LogP contribution is -2.01. The van der Waals surface area contributed by atoms with E-state index in [4.69, 9.17) is 23.2 Å². The van der Waals surface area contributed by atoms with E-state index >= 15 is 0 Å². The number of halogens is 2. The smallest absolute Gasteiger partial charge is 0.282 e. The first-order valence-electron chi connectivity index (χ1n) is 5.66. The lowest BCUT2D eigenvalue weighted by atomic mass is 10.0. The van der Waals surface area contributed by atoms with Gasteiger partial charge in [0.1, 0.15) is 4.90 Å². The van der Waals surface area contributed by atoms with Crippen molar-refractivity contribution in [3.63, 3.8) is 0 Å². The molecule has 0 saturated heterocycles. The average Bonchev–Trinajstić information content (AvgIpc) is 2.36. The quantitative estimate of drug-likeness (QED) is 0.527. The molecular weight excluding hydrogens is 319 g/mol. The number of fused-ring (bicyclic) bond motifs is 2. The SMILES string of the molecule is O=S(=O)(O)c1c(Cl)c(Cl)cc2cc3ccccc3cc12. The third kappa shape index (κ3) is 2.15. The molecule has 0 amide bonds. The Morgan fingerprint density at radius 2 is 1.50 bits per heavy atom. The molecule has 0 fully saturated rings. The fourth-order valence-electron chi connectivity index (χ4n) is 2.25. The lowest BCUT2D eigenvalue weighted by Gasteiger charge is -2.09. The first kappa shape index (κ1) is 13.6. The summed E-state index contributed by atoms with van der Waals surface area (Å²) in [5, 5.41) is 2.66. The molecule has 0 heterocycles. The van der Waals surface area contributed by atoms with Crippen molar-refractivity contribution in [3.8, 4) is 0 Å².